The summed E-state index contributed by atoms with van der Waals surface area (Å²) < 4.78 is 0. The van der Waals surface area contributed by atoms with Crippen LogP contribution in [0.3, 0.4) is 0 Å². The Kier molecular flexibility index (Phi) is 6.64. The van der Waals surface area contributed by atoms with E-state index in [0.717, 1.165) is 17.7 Å². The maximum atomic E-state index is 11.7. The Morgan fingerprint density at radius 3 is 2.50 bits per heavy atom. The molecule has 0 radical (unpaired) electrons. The Labute approximate surface area is 141 Å². The second-order valence-electron chi connectivity index (χ2n) is 5.32. The van der Waals surface area contributed by atoms with Gasteiger partial charge in [-0.1, -0.05) is 36.4 Å². The first-order valence-corrected chi connectivity index (χ1v) is 7.69. The number of benzene rings is 1. The number of nitrogens with zero attached hydrogens (tertiary/aromatic N) is 2. The Morgan fingerprint density at radius 2 is 1.79 bits per heavy atom. The average molecular weight is 324 g/mol. The van der Waals surface area contributed by atoms with E-state index in [2.05, 4.69) is 20.8 Å². The quantitative estimate of drug-likeness (QED) is 0.483. The third kappa shape index (κ3) is 6.00. The lowest BCUT2D eigenvalue weighted by atomic mass is 10.1. The average Bonchev–Trinajstić information content (AvgIpc) is 2.64. The molecule has 24 heavy (non-hydrogen) atoms. The minimum Gasteiger partial charge on any atom is -0.344 e. The monoisotopic (exact) mass is 324 g/mol. The maximum absolute atomic E-state index is 11.7. The molecule has 124 valence electrons. The van der Waals surface area contributed by atoms with Crippen molar-refractivity contribution in [2.75, 3.05) is 0 Å². The molecular formula is C18H20N4O2. The van der Waals surface area contributed by atoms with Gasteiger partial charge in [-0.05, 0) is 37.0 Å². The van der Waals surface area contributed by atoms with Crippen LogP contribution in [0.5, 0.6) is 0 Å². The SMILES string of the molecule is CC(CCc1ccccc1)=NNC(=O)C(=O)NCc1cccnc1. The van der Waals surface area contributed by atoms with Crippen LogP contribution in [0.2, 0.25) is 0 Å². The van der Waals surface area contributed by atoms with E-state index in [9.17, 15) is 9.59 Å². The highest BCUT2D eigenvalue weighted by molar-refractivity contribution is 6.35. The zero-order valence-electron chi connectivity index (χ0n) is 13.5. The second-order valence-corrected chi connectivity index (χ2v) is 5.32. The van der Waals surface area contributed by atoms with Crippen LogP contribution < -0.4 is 10.7 Å². The van der Waals surface area contributed by atoms with Gasteiger partial charge in [0.2, 0.25) is 0 Å². The zero-order valence-corrected chi connectivity index (χ0v) is 13.5. The van der Waals surface area contributed by atoms with Gasteiger partial charge in [0.05, 0.1) is 0 Å². The molecule has 0 unspecified atom stereocenters. The molecule has 2 N–H and O–H groups in total. The molecule has 6 nitrogen and oxygen atoms in total. The molecule has 0 aliphatic rings. The van der Waals surface area contributed by atoms with Crippen LogP contribution >= 0.6 is 0 Å². The van der Waals surface area contributed by atoms with Crippen LogP contribution in [0.15, 0.2) is 60.0 Å². The minimum atomic E-state index is -0.780. The summed E-state index contributed by atoms with van der Waals surface area (Å²) in [5.74, 6) is -1.50. The lowest BCUT2D eigenvalue weighted by Crippen LogP contribution is -2.37. The first-order chi connectivity index (χ1) is 11.6. The fourth-order valence-electron chi connectivity index (χ4n) is 1.99. The topological polar surface area (TPSA) is 83.5 Å². The standard InChI is InChI=1S/C18H20N4O2/c1-14(9-10-15-6-3-2-4-7-15)21-22-18(24)17(23)20-13-16-8-5-11-19-12-16/h2-8,11-12H,9-10,13H2,1H3,(H,20,23)(H,22,24). The predicted molar refractivity (Wildman–Crippen MR) is 92.1 cm³/mol. The van der Waals surface area contributed by atoms with Crippen LogP contribution in [0.25, 0.3) is 0 Å². The molecule has 1 heterocycles. The van der Waals surface area contributed by atoms with E-state index in [1.165, 1.54) is 5.56 Å². The van der Waals surface area contributed by atoms with Gasteiger partial charge in [0.1, 0.15) is 0 Å². The summed E-state index contributed by atoms with van der Waals surface area (Å²) in [6.45, 7) is 2.06. The number of hydrogen-bond donors (Lipinski definition) is 2. The molecule has 2 amide bonds. The van der Waals surface area contributed by atoms with Crippen LogP contribution in [0.1, 0.15) is 24.5 Å². The molecule has 0 aliphatic carbocycles. The Bertz CT molecular complexity index is 699. The summed E-state index contributed by atoms with van der Waals surface area (Å²) in [6, 6.07) is 13.6. The number of rotatable bonds is 6. The first kappa shape index (κ1) is 17.3. The maximum Gasteiger partial charge on any atom is 0.329 e. The van der Waals surface area contributed by atoms with Crippen LogP contribution in [0.4, 0.5) is 0 Å². The summed E-state index contributed by atoms with van der Waals surface area (Å²) >= 11 is 0. The molecule has 0 bridgehead atoms. The fourth-order valence-corrected chi connectivity index (χ4v) is 1.99. The largest absolute Gasteiger partial charge is 0.344 e. The molecule has 0 atom stereocenters. The van der Waals surface area contributed by atoms with Crippen molar-refractivity contribution in [2.45, 2.75) is 26.3 Å². The number of aryl methyl sites for hydroxylation is 1. The minimum absolute atomic E-state index is 0.247. The molecule has 0 aliphatic heterocycles. The van der Waals surface area contributed by atoms with Gasteiger partial charge in [0.25, 0.3) is 0 Å². The van der Waals surface area contributed by atoms with Crippen molar-refractivity contribution in [2.24, 2.45) is 5.10 Å². The molecule has 1 aromatic carbocycles. The van der Waals surface area contributed by atoms with Crippen molar-refractivity contribution in [1.29, 1.82) is 0 Å². The number of amides is 2. The fraction of sp³-hybridized carbons (Fsp3) is 0.222. The highest BCUT2D eigenvalue weighted by Gasteiger charge is 2.12. The van der Waals surface area contributed by atoms with E-state index >= 15 is 0 Å². The van der Waals surface area contributed by atoms with Crippen molar-refractivity contribution >= 4 is 17.5 Å². The van der Waals surface area contributed by atoms with Crippen LogP contribution in [0, 0.1) is 0 Å². The van der Waals surface area contributed by atoms with Crippen molar-refractivity contribution in [3.8, 4) is 0 Å². The Morgan fingerprint density at radius 1 is 1.04 bits per heavy atom. The number of nitrogens with one attached hydrogen (secondary N) is 2. The molecule has 2 aromatic rings. The third-order valence-electron chi connectivity index (χ3n) is 3.35. The normalized spacial score (nSPS) is 11.0. The van der Waals surface area contributed by atoms with E-state index in [0.29, 0.717) is 6.42 Å². The van der Waals surface area contributed by atoms with Crippen LogP contribution in [-0.2, 0) is 22.6 Å². The highest BCUT2D eigenvalue weighted by atomic mass is 16.2. The van der Waals surface area contributed by atoms with Crippen molar-refractivity contribution in [1.82, 2.24) is 15.7 Å². The molecule has 0 saturated carbocycles. The van der Waals surface area contributed by atoms with Gasteiger partial charge in [-0.15, -0.1) is 0 Å². The summed E-state index contributed by atoms with van der Waals surface area (Å²) in [5.41, 5.74) is 5.05. The number of aromatic nitrogens is 1. The Hall–Kier alpha value is -3.02. The van der Waals surface area contributed by atoms with Gasteiger partial charge >= 0.3 is 11.8 Å². The second kappa shape index (κ2) is 9.19. The molecular weight excluding hydrogens is 304 g/mol. The van der Waals surface area contributed by atoms with E-state index in [-0.39, 0.29) is 6.54 Å². The predicted octanol–water partition coefficient (Wildman–Crippen LogP) is 1.82. The molecule has 2 rings (SSSR count). The summed E-state index contributed by atoms with van der Waals surface area (Å²) in [5, 5.41) is 6.48. The molecule has 0 spiro atoms. The van der Waals surface area contributed by atoms with E-state index in [1.807, 2.05) is 43.3 Å². The molecule has 0 saturated heterocycles. The number of carbonyl (C=O) groups is 2. The Balaban J connectivity index is 1.73. The number of pyridine rings is 1. The van der Waals surface area contributed by atoms with Crippen molar-refractivity contribution < 1.29 is 9.59 Å². The summed E-state index contributed by atoms with van der Waals surface area (Å²) in [6.07, 6.45) is 4.82. The van der Waals surface area contributed by atoms with E-state index in [4.69, 9.17) is 0 Å². The first-order valence-electron chi connectivity index (χ1n) is 7.69. The molecule has 6 heteroatoms. The van der Waals surface area contributed by atoms with E-state index < -0.39 is 11.8 Å². The summed E-state index contributed by atoms with van der Waals surface area (Å²) in [4.78, 5) is 27.3. The number of hydrazone groups is 1. The van der Waals surface area contributed by atoms with Gasteiger partial charge in [-0.2, -0.15) is 5.10 Å². The van der Waals surface area contributed by atoms with Crippen molar-refractivity contribution in [3.05, 3.63) is 66.0 Å². The van der Waals surface area contributed by atoms with Gasteiger partial charge in [-0.3, -0.25) is 14.6 Å². The zero-order chi connectivity index (χ0) is 17.2. The molecule has 1 aromatic heterocycles. The van der Waals surface area contributed by atoms with E-state index in [1.54, 1.807) is 18.5 Å². The lowest BCUT2D eigenvalue weighted by molar-refractivity contribution is -0.139. The van der Waals surface area contributed by atoms with Gasteiger partial charge in [0, 0.05) is 24.7 Å². The van der Waals surface area contributed by atoms with Gasteiger partial charge in [-0.25, -0.2) is 5.43 Å². The van der Waals surface area contributed by atoms with Crippen molar-refractivity contribution in [3.63, 3.8) is 0 Å². The van der Waals surface area contributed by atoms with Gasteiger partial charge < -0.3 is 5.32 Å². The smallest absolute Gasteiger partial charge is 0.329 e. The number of carbonyl (C=O) groups excluding carboxylic acids is 2. The number of hydrogen-bond acceptors (Lipinski definition) is 4. The molecule has 0 fully saturated rings. The van der Waals surface area contributed by atoms with Gasteiger partial charge in [0.15, 0.2) is 0 Å². The van der Waals surface area contributed by atoms with Crippen LogP contribution in [-0.4, -0.2) is 22.5 Å². The summed E-state index contributed by atoms with van der Waals surface area (Å²) in [7, 11) is 0. The lowest BCUT2D eigenvalue weighted by Gasteiger charge is -2.05. The highest BCUT2D eigenvalue weighted by Crippen LogP contribution is 2.03. The third-order valence-corrected chi connectivity index (χ3v) is 3.35.